The van der Waals surface area contributed by atoms with Crippen molar-refractivity contribution >= 4 is 0 Å². The molecule has 0 unspecified atom stereocenters. The van der Waals surface area contributed by atoms with Crippen LogP contribution >= 0.6 is 0 Å². The van der Waals surface area contributed by atoms with Gasteiger partial charge < -0.3 is 4.74 Å². The summed E-state index contributed by atoms with van der Waals surface area (Å²) in [5.41, 5.74) is 2.19. The van der Waals surface area contributed by atoms with Gasteiger partial charge in [0.1, 0.15) is 0 Å². The normalized spacial score (nSPS) is 19.3. The van der Waals surface area contributed by atoms with Crippen molar-refractivity contribution in [2.75, 3.05) is 6.61 Å². The molecule has 27 heavy (non-hydrogen) atoms. The first-order valence-electron chi connectivity index (χ1n) is 9.81. The van der Waals surface area contributed by atoms with E-state index in [2.05, 4.69) is 30.9 Å². The molecule has 142 valence electrons. The van der Waals surface area contributed by atoms with Crippen molar-refractivity contribution in [3.63, 3.8) is 0 Å². The largest absolute Gasteiger partial charge is 0.490 e. The summed E-state index contributed by atoms with van der Waals surface area (Å²) in [5, 5.41) is 0. The van der Waals surface area contributed by atoms with Gasteiger partial charge in [0.05, 0.1) is 12.2 Å². The Morgan fingerprint density at radius 3 is 2.30 bits per heavy atom. The van der Waals surface area contributed by atoms with Gasteiger partial charge in [0, 0.05) is 5.56 Å². The second-order valence-electron chi connectivity index (χ2n) is 7.42. The number of hydrogen-bond donors (Lipinski definition) is 0. The maximum atomic E-state index is 14.2. The van der Waals surface area contributed by atoms with Crippen LogP contribution in [0.2, 0.25) is 0 Å². The number of halogens is 2. The molecule has 0 amide bonds. The summed E-state index contributed by atoms with van der Waals surface area (Å²) in [7, 11) is 0. The topological polar surface area (TPSA) is 9.23 Å². The van der Waals surface area contributed by atoms with Gasteiger partial charge in [-0.1, -0.05) is 50.7 Å². The molecular weight excluding hydrogens is 342 g/mol. The molecule has 0 heterocycles. The van der Waals surface area contributed by atoms with E-state index in [1.807, 2.05) is 19.1 Å². The van der Waals surface area contributed by atoms with Crippen LogP contribution in [0.15, 0.2) is 36.4 Å². The molecule has 2 aromatic carbocycles. The molecule has 1 saturated carbocycles. The molecule has 0 spiro atoms. The van der Waals surface area contributed by atoms with Crippen molar-refractivity contribution in [1.29, 1.82) is 0 Å². The minimum Gasteiger partial charge on any atom is -0.490 e. The van der Waals surface area contributed by atoms with Crippen LogP contribution in [0.1, 0.15) is 68.6 Å². The van der Waals surface area contributed by atoms with Gasteiger partial charge in [0.15, 0.2) is 11.6 Å². The SMILES string of the molecule is CCCOc1ccc(C#Cc2ccc([C@H]3CC[C@H](C)CC3)cc2)c(F)c1F. The van der Waals surface area contributed by atoms with Crippen molar-refractivity contribution in [1.82, 2.24) is 0 Å². The van der Waals surface area contributed by atoms with Gasteiger partial charge in [0.2, 0.25) is 5.82 Å². The Kier molecular flexibility index (Phi) is 6.50. The molecule has 0 radical (unpaired) electrons. The zero-order valence-electron chi connectivity index (χ0n) is 16.0. The van der Waals surface area contributed by atoms with E-state index in [1.54, 1.807) is 0 Å². The Hall–Kier alpha value is -2.34. The minimum absolute atomic E-state index is 0.0432. The molecule has 3 rings (SSSR count). The Bertz CT molecular complexity index is 822. The van der Waals surface area contributed by atoms with Crippen LogP contribution in [0, 0.1) is 29.4 Å². The van der Waals surface area contributed by atoms with Crippen LogP contribution < -0.4 is 4.74 Å². The van der Waals surface area contributed by atoms with Gasteiger partial charge in [0.25, 0.3) is 0 Å². The fraction of sp³-hybridized carbons (Fsp3) is 0.417. The quantitative estimate of drug-likeness (QED) is 0.564. The Morgan fingerprint density at radius 2 is 1.63 bits per heavy atom. The molecule has 3 heteroatoms. The van der Waals surface area contributed by atoms with Crippen molar-refractivity contribution in [2.24, 2.45) is 5.92 Å². The summed E-state index contributed by atoms with van der Waals surface area (Å²) in [6.07, 6.45) is 5.79. The highest BCUT2D eigenvalue weighted by atomic mass is 19.2. The van der Waals surface area contributed by atoms with E-state index in [0.29, 0.717) is 12.5 Å². The van der Waals surface area contributed by atoms with Crippen molar-refractivity contribution in [2.45, 2.75) is 51.9 Å². The van der Waals surface area contributed by atoms with Gasteiger partial charge in [-0.25, -0.2) is 4.39 Å². The molecule has 0 atom stereocenters. The summed E-state index contributed by atoms with van der Waals surface area (Å²) in [6.45, 7) is 4.58. The van der Waals surface area contributed by atoms with Gasteiger partial charge in [-0.05, 0) is 60.9 Å². The fourth-order valence-corrected chi connectivity index (χ4v) is 3.52. The third-order valence-electron chi connectivity index (χ3n) is 5.25. The van der Waals surface area contributed by atoms with E-state index < -0.39 is 11.6 Å². The average molecular weight is 368 g/mol. The van der Waals surface area contributed by atoms with Crippen LogP contribution in [0.25, 0.3) is 0 Å². The van der Waals surface area contributed by atoms with Crippen LogP contribution in [-0.2, 0) is 0 Å². The zero-order chi connectivity index (χ0) is 19.2. The fourth-order valence-electron chi connectivity index (χ4n) is 3.52. The molecule has 2 aromatic rings. The summed E-state index contributed by atoms with van der Waals surface area (Å²) >= 11 is 0. The highest BCUT2D eigenvalue weighted by molar-refractivity contribution is 5.46. The predicted octanol–water partition coefficient (Wildman–Crippen LogP) is 6.45. The monoisotopic (exact) mass is 368 g/mol. The lowest BCUT2D eigenvalue weighted by Crippen LogP contribution is -2.10. The summed E-state index contributed by atoms with van der Waals surface area (Å²) in [6, 6.07) is 11.1. The third kappa shape index (κ3) is 4.89. The maximum absolute atomic E-state index is 14.2. The second kappa shape index (κ2) is 9.04. The number of ether oxygens (including phenoxy) is 1. The Morgan fingerprint density at radius 1 is 0.926 bits per heavy atom. The van der Waals surface area contributed by atoms with E-state index in [4.69, 9.17) is 4.74 Å². The van der Waals surface area contributed by atoms with E-state index in [0.717, 1.165) is 17.9 Å². The summed E-state index contributed by atoms with van der Waals surface area (Å²) in [4.78, 5) is 0. The molecule has 1 nitrogen and oxygen atoms in total. The molecule has 0 N–H and O–H groups in total. The molecule has 1 aliphatic rings. The minimum atomic E-state index is -0.975. The van der Waals surface area contributed by atoms with Gasteiger partial charge in [-0.3, -0.25) is 0 Å². The summed E-state index contributed by atoms with van der Waals surface area (Å²) in [5.74, 6) is 5.14. The average Bonchev–Trinajstić information content (AvgIpc) is 2.69. The van der Waals surface area contributed by atoms with Crippen molar-refractivity contribution < 1.29 is 13.5 Å². The Labute approximate surface area is 160 Å². The first-order valence-corrected chi connectivity index (χ1v) is 9.81. The van der Waals surface area contributed by atoms with Crippen LogP contribution in [0.4, 0.5) is 8.78 Å². The van der Waals surface area contributed by atoms with Crippen molar-refractivity contribution in [3.05, 3.63) is 64.7 Å². The second-order valence-corrected chi connectivity index (χ2v) is 7.42. The van der Waals surface area contributed by atoms with E-state index in [-0.39, 0.29) is 11.3 Å². The summed E-state index contributed by atoms with van der Waals surface area (Å²) < 4.78 is 33.4. The molecular formula is C24H26F2O. The lowest BCUT2D eigenvalue weighted by molar-refractivity contribution is 0.295. The van der Waals surface area contributed by atoms with E-state index in [9.17, 15) is 8.78 Å². The predicted molar refractivity (Wildman–Crippen MR) is 105 cm³/mol. The molecule has 0 aromatic heterocycles. The highest BCUT2D eigenvalue weighted by Gasteiger charge is 2.19. The smallest absolute Gasteiger partial charge is 0.201 e. The number of rotatable bonds is 4. The molecule has 0 saturated heterocycles. The highest BCUT2D eigenvalue weighted by Crippen LogP contribution is 2.35. The van der Waals surface area contributed by atoms with Crippen LogP contribution in [0.3, 0.4) is 0 Å². The number of benzene rings is 2. The molecule has 1 fully saturated rings. The molecule has 0 bridgehead atoms. The van der Waals surface area contributed by atoms with E-state index in [1.165, 1.54) is 43.4 Å². The Balaban J connectivity index is 1.71. The first-order chi connectivity index (χ1) is 13.1. The van der Waals surface area contributed by atoms with Crippen LogP contribution in [0.5, 0.6) is 5.75 Å². The molecule has 1 aliphatic carbocycles. The lowest BCUT2D eigenvalue weighted by atomic mass is 9.79. The first kappa shape index (κ1) is 19.4. The third-order valence-corrected chi connectivity index (χ3v) is 5.25. The van der Waals surface area contributed by atoms with E-state index >= 15 is 0 Å². The van der Waals surface area contributed by atoms with Gasteiger partial charge in [-0.2, -0.15) is 4.39 Å². The molecule has 0 aliphatic heterocycles. The van der Waals surface area contributed by atoms with Crippen molar-refractivity contribution in [3.8, 4) is 17.6 Å². The van der Waals surface area contributed by atoms with Crippen LogP contribution in [-0.4, -0.2) is 6.61 Å². The lowest BCUT2D eigenvalue weighted by Gasteiger charge is -2.26. The van der Waals surface area contributed by atoms with Gasteiger partial charge in [-0.15, -0.1) is 0 Å². The van der Waals surface area contributed by atoms with Gasteiger partial charge >= 0.3 is 0 Å². The standard InChI is InChI=1S/C24H26F2O/c1-3-16-27-22-15-14-21(23(25)24(22)26)13-8-18-6-11-20(12-7-18)19-9-4-17(2)5-10-19/h6-7,11-12,14-15,17,19H,3-5,9-10,16H2,1-2H3/t17-,19-. The maximum Gasteiger partial charge on any atom is 0.201 e. The zero-order valence-corrected chi connectivity index (χ0v) is 16.0. The number of hydrogen-bond acceptors (Lipinski definition) is 1.